The van der Waals surface area contributed by atoms with Gasteiger partial charge in [0, 0.05) is 23.4 Å². The van der Waals surface area contributed by atoms with Gasteiger partial charge in [-0.1, -0.05) is 29.8 Å². The van der Waals surface area contributed by atoms with Crippen LogP contribution in [-0.4, -0.2) is 16.9 Å². The van der Waals surface area contributed by atoms with Crippen molar-refractivity contribution in [2.24, 2.45) is 0 Å². The molecule has 24 heavy (non-hydrogen) atoms. The van der Waals surface area contributed by atoms with Crippen LogP contribution >= 0.6 is 22.9 Å². The lowest BCUT2D eigenvalue weighted by atomic mass is 10.2. The molecule has 1 amide bonds. The van der Waals surface area contributed by atoms with E-state index in [1.807, 2.05) is 48.7 Å². The molecule has 2 heterocycles. The van der Waals surface area contributed by atoms with Crippen LogP contribution in [0.4, 0.5) is 0 Å². The highest BCUT2D eigenvalue weighted by atomic mass is 35.5. The lowest BCUT2D eigenvalue weighted by Crippen LogP contribution is -2.35. The van der Waals surface area contributed by atoms with E-state index in [4.69, 9.17) is 16.0 Å². The van der Waals surface area contributed by atoms with Crippen LogP contribution in [0.3, 0.4) is 0 Å². The van der Waals surface area contributed by atoms with Crippen LogP contribution in [0.15, 0.2) is 52.5 Å². The summed E-state index contributed by atoms with van der Waals surface area (Å²) in [5.41, 5.74) is 1.64. The van der Waals surface area contributed by atoms with Crippen molar-refractivity contribution < 1.29 is 9.21 Å². The summed E-state index contributed by atoms with van der Waals surface area (Å²) in [5, 5.41) is 6.35. The Bertz CT molecular complexity index is 814. The molecule has 0 aliphatic carbocycles. The number of hydrogen-bond donors (Lipinski definition) is 1. The summed E-state index contributed by atoms with van der Waals surface area (Å²) in [5.74, 6) is 0.808. The van der Waals surface area contributed by atoms with E-state index in [-0.39, 0.29) is 18.4 Å². The Morgan fingerprint density at radius 1 is 1.33 bits per heavy atom. The number of aromatic nitrogens is 1. The van der Waals surface area contributed by atoms with Crippen molar-refractivity contribution in [2.75, 3.05) is 0 Å². The topological polar surface area (TPSA) is 55.1 Å². The van der Waals surface area contributed by atoms with Gasteiger partial charge in [0.05, 0.1) is 23.4 Å². The van der Waals surface area contributed by atoms with Crippen molar-refractivity contribution in [3.63, 3.8) is 0 Å². The number of amides is 1. The first-order chi connectivity index (χ1) is 11.6. The fourth-order valence-electron chi connectivity index (χ4n) is 2.42. The smallest absolute Gasteiger partial charge is 0.226 e. The van der Waals surface area contributed by atoms with Gasteiger partial charge in [0.1, 0.15) is 10.8 Å². The average Bonchev–Trinajstić information content (AvgIpc) is 3.19. The zero-order chi connectivity index (χ0) is 16.9. The molecule has 1 atom stereocenters. The number of carbonyl (C=O) groups excluding carboxylic acids is 1. The zero-order valence-electron chi connectivity index (χ0n) is 13.2. The van der Waals surface area contributed by atoms with Gasteiger partial charge in [0.15, 0.2) is 0 Å². The van der Waals surface area contributed by atoms with E-state index in [0.29, 0.717) is 11.4 Å². The van der Waals surface area contributed by atoms with Gasteiger partial charge < -0.3 is 9.73 Å². The van der Waals surface area contributed by atoms with Crippen LogP contribution < -0.4 is 5.32 Å². The zero-order valence-corrected chi connectivity index (χ0v) is 14.7. The molecule has 1 aromatic carbocycles. The number of halogens is 1. The van der Waals surface area contributed by atoms with Crippen LogP contribution in [0.2, 0.25) is 5.02 Å². The Morgan fingerprint density at radius 3 is 2.92 bits per heavy atom. The third kappa shape index (κ3) is 4.24. The number of rotatable bonds is 6. The highest BCUT2D eigenvalue weighted by Crippen LogP contribution is 2.30. The molecule has 0 aliphatic rings. The van der Waals surface area contributed by atoms with Crippen molar-refractivity contribution in [3.05, 3.63) is 64.5 Å². The molecule has 0 saturated heterocycles. The van der Waals surface area contributed by atoms with Gasteiger partial charge in [-0.2, -0.15) is 0 Å². The third-order valence-electron chi connectivity index (χ3n) is 3.49. The Kier molecular flexibility index (Phi) is 5.33. The molecule has 1 N–H and O–H groups in total. The van der Waals surface area contributed by atoms with Crippen molar-refractivity contribution in [1.82, 2.24) is 10.3 Å². The fourth-order valence-corrected chi connectivity index (χ4v) is 3.56. The second-order valence-corrected chi connectivity index (χ2v) is 6.82. The average molecular weight is 361 g/mol. The number of hydrogen-bond acceptors (Lipinski definition) is 4. The lowest BCUT2D eigenvalue weighted by molar-refractivity contribution is -0.121. The van der Waals surface area contributed by atoms with E-state index in [0.717, 1.165) is 22.0 Å². The van der Waals surface area contributed by atoms with E-state index >= 15 is 0 Å². The van der Waals surface area contributed by atoms with Crippen LogP contribution in [0.5, 0.6) is 0 Å². The first-order valence-corrected chi connectivity index (χ1v) is 8.88. The van der Waals surface area contributed by atoms with E-state index in [9.17, 15) is 4.79 Å². The molecule has 3 rings (SSSR count). The molecule has 0 radical (unpaired) electrons. The van der Waals surface area contributed by atoms with E-state index in [1.165, 1.54) is 11.3 Å². The molecule has 0 spiro atoms. The summed E-state index contributed by atoms with van der Waals surface area (Å²) in [6.45, 7) is 1.95. The van der Waals surface area contributed by atoms with Crippen molar-refractivity contribution in [2.45, 2.75) is 25.8 Å². The highest BCUT2D eigenvalue weighted by molar-refractivity contribution is 7.13. The van der Waals surface area contributed by atoms with Gasteiger partial charge in [0.2, 0.25) is 5.91 Å². The predicted octanol–water partition coefficient (Wildman–Crippen LogP) is 4.35. The van der Waals surface area contributed by atoms with E-state index in [2.05, 4.69) is 10.3 Å². The molecule has 6 heteroatoms. The molecule has 2 aromatic heterocycles. The summed E-state index contributed by atoms with van der Waals surface area (Å²) in [7, 11) is 0. The van der Waals surface area contributed by atoms with E-state index < -0.39 is 0 Å². The minimum Gasteiger partial charge on any atom is -0.469 e. The molecule has 0 aliphatic heterocycles. The van der Waals surface area contributed by atoms with Gasteiger partial charge in [-0.15, -0.1) is 11.3 Å². The molecule has 1 unspecified atom stereocenters. The molecule has 124 valence electrons. The Balaban J connectivity index is 1.58. The first kappa shape index (κ1) is 16.7. The lowest BCUT2D eigenvalue weighted by Gasteiger charge is -2.11. The minimum atomic E-state index is -0.0509. The van der Waals surface area contributed by atoms with Gasteiger partial charge >= 0.3 is 0 Å². The number of nitrogens with zero attached hydrogens (tertiary/aromatic N) is 1. The predicted molar refractivity (Wildman–Crippen MR) is 96.3 cm³/mol. The summed E-state index contributed by atoms with van der Waals surface area (Å²) >= 11 is 7.68. The molecular formula is C18H17ClN2O2S. The Hall–Kier alpha value is -2.11. The number of benzene rings is 1. The first-order valence-electron chi connectivity index (χ1n) is 7.63. The highest BCUT2D eigenvalue weighted by Gasteiger charge is 2.13. The van der Waals surface area contributed by atoms with Gasteiger partial charge in [-0.3, -0.25) is 4.79 Å². The SMILES string of the molecule is CC(Cc1ccco1)NC(=O)Cc1csc(-c2ccccc2Cl)n1. The molecule has 0 bridgehead atoms. The molecule has 4 nitrogen and oxygen atoms in total. The second kappa shape index (κ2) is 7.64. The quantitative estimate of drug-likeness (QED) is 0.711. The van der Waals surface area contributed by atoms with E-state index in [1.54, 1.807) is 6.26 Å². The molecule has 0 fully saturated rings. The number of carbonyl (C=O) groups is 1. The summed E-state index contributed by atoms with van der Waals surface area (Å²) in [6, 6.07) is 11.3. The normalized spacial score (nSPS) is 12.1. The van der Waals surface area contributed by atoms with Crippen molar-refractivity contribution >= 4 is 28.8 Å². The molecule has 0 saturated carbocycles. The van der Waals surface area contributed by atoms with Crippen LogP contribution in [0.25, 0.3) is 10.6 Å². The van der Waals surface area contributed by atoms with Crippen LogP contribution in [0.1, 0.15) is 18.4 Å². The second-order valence-electron chi connectivity index (χ2n) is 5.55. The Labute approximate surface area is 149 Å². The molecular weight excluding hydrogens is 344 g/mol. The summed E-state index contributed by atoms with van der Waals surface area (Å²) < 4.78 is 5.29. The molecule has 3 aromatic rings. The van der Waals surface area contributed by atoms with Crippen LogP contribution in [0, 0.1) is 0 Å². The Morgan fingerprint density at radius 2 is 2.17 bits per heavy atom. The van der Waals surface area contributed by atoms with Gasteiger partial charge in [0.25, 0.3) is 0 Å². The van der Waals surface area contributed by atoms with Crippen molar-refractivity contribution in [3.8, 4) is 10.6 Å². The number of nitrogens with one attached hydrogen (secondary N) is 1. The number of thiazole rings is 1. The fraction of sp³-hybridized carbons (Fsp3) is 0.222. The standard InChI is InChI=1S/C18H17ClN2O2S/c1-12(9-14-5-4-8-23-14)20-17(22)10-13-11-24-18(21-13)15-6-2-3-7-16(15)19/h2-8,11-12H,9-10H2,1H3,(H,20,22). The summed E-state index contributed by atoms with van der Waals surface area (Å²) in [4.78, 5) is 16.7. The van der Waals surface area contributed by atoms with Gasteiger partial charge in [-0.25, -0.2) is 4.98 Å². The number of furan rings is 1. The minimum absolute atomic E-state index is 0.00493. The van der Waals surface area contributed by atoms with Crippen molar-refractivity contribution in [1.29, 1.82) is 0 Å². The maximum atomic E-state index is 12.2. The largest absolute Gasteiger partial charge is 0.469 e. The van der Waals surface area contributed by atoms with Crippen LogP contribution in [-0.2, 0) is 17.6 Å². The third-order valence-corrected chi connectivity index (χ3v) is 4.75. The summed E-state index contributed by atoms with van der Waals surface area (Å²) in [6.07, 6.45) is 2.56. The maximum absolute atomic E-state index is 12.2. The monoisotopic (exact) mass is 360 g/mol. The van der Waals surface area contributed by atoms with Gasteiger partial charge in [-0.05, 0) is 25.1 Å². The maximum Gasteiger partial charge on any atom is 0.226 e.